The van der Waals surface area contributed by atoms with Gasteiger partial charge in [0.1, 0.15) is 0 Å². The minimum atomic E-state index is -3.05. The number of hydrogen-bond acceptors (Lipinski definition) is 2. The third-order valence-corrected chi connectivity index (χ3v) is 3.83. The molecule has 1 N–H and O–H groups in total. The fourth-order valence-corrected chi connectivity index (χ4v) is 2.57. The number of nitrogens with one attached hydrogen (secondary N) is 1. The minimum absolute atomic E-state index is 0.138. The van der Waals surface area contributed by atoms with Gasteiger partial charge in [0.15, 0.2) is 0 Å². The van der Waals surface area contributed by atoms with Crippen molar-refractivity contribution in [1.82, 2.24) is 4.72 Å². The largest absolute Gasteiger partial charge is 0.214 e. The molecule has 12 heavy (non-hydrogen) atoms. The van der Waals surface area contributed by atoms with Crippen molar-refractivity contribution < 1.29 is 8.42 Å². The minimum Gasteiger partial charge on any atom is -0.212 e. The first kappa shape index (κ1) is 9.56. The Bertz CT molecular complexity index is 285. The summed E-state index contributed by atoms with van der Waals surface area (Å²) in [6, 6.07) is -0.138. The quantitative estimate of drug-likeness (QED) is 0.651. The lowest BCUT2D eigenvalue weighted by Gasteiger charge is -2.10. The van der Waals surface area contributed by atoms with Crippen LogP contribution in [0.4, 0.5) is 0 Å². The zero-order valence-corrected chi connectivity index (χ0v) is 7.89. The van der Waals surface area contributed by atoms with E-state index in [0.717, 1.165) is 12.8 Å². The third kappa shape index (κ3) is 2.50. The van der Waals surface area contributed by atoms with Gasteiger partial charge in [-0.1, -0.05) is 0 Å². The van der Waals surface area contributed by atoms with Gasteiger partial charge in [0.2, 0.25) is 10.0 Å². The summed E-state index contributed by atoms with van der Waals surface area (Å²) >= 11 is 0. The number of terminal acetylenes is 1. The molecule has 1 saturated carbocycles. The summed E-state index contributed by atoms with van der Waals surface area (Å²) in [6.07, 6.45) is 7.09. The second-order valence-electron chi connectivity index (χ2n) is 3.17. The van der Waals surface area contributed by atoms with Crippen molar-refractivity contribution in [3.8, 4) is 12.3 Å². The van der Waals surface area contributed by atoms with E-state index >= 15 is 0 Å². The molecule has 1 fully saturated rings. The highest BCUT2D eigenvalue weighted by Crippen LogP contribution is 2.27. The van der Waals surface area contributed by atoms with Crippen LogP contribution in [0.5, 0.6) is 0 Å². The molecule has 0 heterocycles. The summed E-state index contributed by atoms with van der Waals surface area (Å²) in [4.78, 5) is 0. The lowest BCUT2D eigenvalue weighted by Crippen LogP contribution is -2.34. The summed E-state index contributed by atoms with van der Waals surface area (Å²) in [5.41, 5.74) is 0. The molecule has 4 heteroatoms. The molecule has 1 rings (SSSR count). The first-order valence-corrected chi connectivity index (χ1v) is 5.55. The second kappa shape index (κ2) is 3.46. The van der Waals surface area contributed by atoms with Crippen LogP contribution in [0.1, 0.15) is 26.2 Å². The van der Waals surface area contributed by atoms with Crippen LogP contribution in [0.3, 0.4) is 0 Å². The lowest BCUT2D eigenvalue weighted by molar-refractivity contribution is 0.562. The van der Waals surface area contributed by atoms with Crippen LogP contribution < -0.4 is 4.72 Å². The van der Waals surface area contributed by atoms with Crippen molar-refractivity contribution in [3.05, 3.63) is 0 Å². The van der Waals surface area contributed by atoms with Gasteiger partial charge in [-0.25, -0.2) is 13.1 Å². The Balaban J connectivity index is 2.45. The van der Waals surface area contributed by atoms with E-state index in [1.807, 2.05) is 0 Å². The van der Waals surface area contributed by atoms with Crippen molar-refractivity contribution in [2.45, 2.75) is 37.5 Å². The summed E-state index contributed by atoms with van der Waals surface area (Å²) < 4.78 is 25.1. The number of sulfonamides is 1. The first-order chi connectivity index (χ1) is 5.56. The van der Waals surface area contributed by atoms with E-state index in [1.165, 1.54) is 0 Å². The van der Waals surface area contributed by atoms with Gasteiger partial charge < -0.3 is 0 Å². The van der Waals surface area contributed by atoms with Crippen LogP contribution in [-0.4, -0.2) is 19.7 Å². The standard InChI is InChI=1S/C8H13NO2S/c1-3-4-7(2)9-12(10,11)8-5-6-8/h1,7-9H,4-6H2,2H3. The van der Waals surface area contributed by atoms with Gasteiger partial charge in [0, 0.05) is 12.5 Å². The van der Waals surface area contributed by atoms with Crippen molar-refractivity contribution >= 4 is 10.0 Å². The molecule has 1 unspecified atom stereocenters. The monoisotopic (exact) mass is 187 g/mol. The predicted molar refractivity (Wildman–Crippen MR) is 48.0 cm³/mol. The Morgan fingerprint density at radius 1 is 1.67 bits per heavy atom. The van der Waals surface area contributed by atoms with E-state index in [9.17, 15) is 8.42 Å². The molecule has 0 saturated heterocycles. The molecule has 1 aliphatic carbocycles. The smallest absolute Gasteiger partial charge is 0.212 e. The maximum atomic E-state index is 11.3. The Morgan fingerprint density at radius 3 is 2.67 bits per heavy atom. The molecular formula is C8H13NO2S. The summed E-state index contributed by atoms with van der Waals surface area (Å²) in [5, 5.41) is -0.155. The van der Waals surface area contributed by atoms with Crippen molar-refractivity contribution in [1.29, 1.82) is 0 Å². The van der Waals surface area contributed by atoms with Crippen molar-refractivity contribution in [3.63, 3.8) is 0 Å². The van der Waals surface area contributed by atoms with Crippen LogP contribution in [0, 0.1) is 12.3 Å². The molecule has 1 atom stereocenters. The SMILES string of the molecule is C#CCC(C)NS(=O)(=O)C1CC1. The van der Waals surface area contributed by atoms with Crippen LogP contribution in [0.25, 0.3) is 0 Å². The van der Waals surface area contributed by atoms with E-state index in [0.29, 0.717) is 6.42 Å². The number of rotatable bonds is 4. The molecule has 0 amide bonds. The Morgan fingerprint density at radius 2 is 2.25 bits per heavy atom. The normalized spacial score (nSPS) is 20.0. The van der Waals surface area contributed by atoms with Crippen molar-refractivity contribution in [2.24, 2.45) is 0 Å². The van der Waals surface area contributed by atoms with E-state index < -0.39 is 10.0 Å². The summed E-state index contributed by atoms with van der Waals surface area (Å²) in [5.74, 6) is 2.42. The molecule has 0 aromatic rings. The lowest BCUT2D eigenvalue weighted by atomic mass is 10.3. The molecule has 0 aliphatic heterocycles. The van der Waals surface area contributed by atoms with E-state index in [2.05, 4.69) is 10.6 Å². The predicted octanol–water partition coefficient (Wildman–Crippen LogP) is 0.480. The van der Waals surface area contributed by atoms with E-state index in [1.54, 1.807) is 6.92 Å². The zero-order valence-electron chi connectivity index (χ0n) is 7.08. The summed E-state index contributed by atoms with van der Waals surface area (Å²) in [7, 11) is -3.05. The molecule has 0 aromatic heterocycles. The second-order valence-corrected chi connectivity index (χ2v) is 5.16. The fourth-order valence-electron chi connectivity index (χ4n) is 0.973. The van der Waals surface area contributed by atoms with Gasteiger partial charge in [0.05, 0.1) is 5.25 Å². The highest BCUT2D eigenvalue weighted by atomic mass is 32.2. The van der Waals surface area contributed by atoms with Gasteiger partial charge >= 0.3 is 0 Å². The van der Waals surface area contributed by atoms with E-state index in [4.69, 9.17) is 6.42 Å². The van der Waals surface area contributed by atoms with Crippen LogP contribution in [0.2, 0.25) is 0 Å². The average Bonchev–Trinajstić information content (AvgIpc) is 2.65. The molecule has 0 spiro atoms. The van der Waals surface area contributed by atoms with Gasteiger partial charge in [-0.2, -0.15) is 0 Å². The van der Waals surface area contributed by atoms with Gasteiger partial charge in [-0.15, -0.1) is 12.3 Å². The average molecular weight is 187 g/mol. The summed E-state index contributed by atoms with van der Waals surface area (Å²) in [6.45, 7) is 1.78. The molecule has 3 nitrogen and oxygen atoms in total. The van der Waals surface area contributed by atoms with Gasteiger partial charge in [0.25, 0.3) is 0 Å². The molecule has 0 aromatic carbocycles. The van der Waals surface area contributed by atoms with Gasteiger partial charge in [-0.05, 0) is 19.8 Å². The Kier molecular flexibility index (Phi) is 2.76. The Labute approximate surface area is 73.6 Å². The maximum absolute atomic E-state index is 11.3. The molecule has 0 radical (unpaired) electrons. The Hall–Kier alpha value is -0.530. The van der Waals surface area contributed by atoms with Crippen LogP contribution in [0.15, 0.2) is 0 Å². The fraction of sp³-hybridized carbons (Fsp3) is 0.750. The maximum Gasteiger partial charge on any atom is 0.214 e. The highest BCUT2D eigenvalue weighted by Gasteiger charge is 2.36. The zero-order chi connectivity index (χ0) is 9.19. The third-order valence-electron chi connectivity index (χ3n) is 1.75. The molecule has 1 aliphatic rings. The van der Waals surface area contributed by atoms with Crippen LogP contribution in [-0.2, 0) is 10.0 Å². The van der Waals surface area contributed by atoms with Gasteiger partial charge in [-0.3, -0.25) is 0 Å². The molecule has 0 bridgehead atoms. The van der Waals surface area contributed by atoms with E-state index in [-0.39, 0.29) is 11.3 Å². The van der Waals surface area contributed by atoms with Crippen LogP contribution >= 0.6 is 0 Å². The topological polar surface area (TPSA) is 46.2 Å². The molecule has 68 valence electrons. The highest BCUT2D eigenvalue weighted by molar-refractivity contribution is 7.90. The first-order valence-electron chi connectivity index (χ1n) is 4.01. The van der Waals surface area contributed by atoms with Crippen molar-refractivity contribution in [2.75, 3.05) is 0 Å². The number of hydrogen-bond donors (Lipinski definition) is 1. The molecular weight excluding hydrogens is 174 g/mol.